The number of hydrogen-bond acceptors (Lipinski definition) is 5. The van der Waals surface area contributed by atoms with Gasteiger partial charge in [-0.3, -0.25) is 10.1 Å². The zero-order valence-electron chi connectivity index (χ0n) is 11.5. The van der Waals surface area contributed by atoms with E-state index in [1.165, 1.54) is 12.1 Å². The predicted octanol–water partition coefficient (Wildman–Crippen LogP) is 1.73. The monoisotopic (exact) mass is 311 g/mol. The van der Waals surface area contributed by atoms with Crippen molar-refractivity contribution >= 4 is 23.5 Å². The number of carbonyl (C=O) groups excluding carboxylic acids is 1. The summed E-state index contributed by atoms with van der Waals surface area (Å²) in [6.45, 7) is 2.28. The van der Waals surface area contributed by atoms with Crippen LogP contribution in [-0.4, -0.2) is 53.6 Å². The molecule has 0 spiro atoms. The van der Waals surface area contributed by atoms with Gasteiger partial charge in [-0.15, -0.1) is 0 Å². The summed E-state index contributed by atoms with van der Waals surface area (Å²) in [5.41, 5.74) is 0.0265. The van der Waals surface area contributed by atoms with E-state index in [1.807, 2.05) is 11.8 Å². The number of nitro benzene ring substituents is 1. The molecule has 114 valence electrons. The van der Waals surface area contributed by atoms with Gasteiger partial charge in [0.2, 0.25) is 0 Å². The fourth-order valence-corrected chi connectivity index (χ4v) is 2.77. The second-order valence-electron chi connectivity index (χ2n) is 4.43. The summed E-state index contributed by atoms with van der Waals surface area (Å²) < 4.78 is 5.42. The Bertz CT molecular complexity index is 489. The third-order valence-corrected chi connectivity index (χ3v) is 3.94. The molecule has 2 rings (SSSR count). The smallest absolute Gasteiger partial charge is 0.317 e. The molecular weight excluding hydrogens is 294 g/mol. The second kappa shape index (κ2) is 7.72. The third-order valence-electron chi connectivity index (χ3n) is 2.99. The molecule has 21 heavy (non-hydrogen) atoms. The maximum absolute atomic E-state index is 11.8. The van der Waals surface area contributed by atoms with E-state index < -0.39 is 4.92 Å². The SMILES string of the molecule is O=C(NCCOc1ccc([N+](=O)[O-])cc1)N1CCSCC1. The van der Waals surface area contributed by atoms with Crippen LogP contribution in [0.15, 0.2) is 24.3 Å². The van der Waals surface area contributed by atoms with E-state index in [-0.39, 0.29) is 11.7 Å². The van der Waals surface area contributed by atoms with Crippen LogP contribution in [0, 0.1) is 10.1 Å². The summed E-state index contributed by atoms with van der Waals surface area (Å²) >= 11 is 1.85. The second-order valence-corrected chi connectivity index (χ2v) is 5.66. The normalized spacial score (nSPS) is 14.6. The Morgan fingerprint density at radius 3 is 2.62 bits per heavy atom. The van der Waals surface area contributed by atoms with E-state index in [0.29, 0.717) is 18.9 Å². The minimum Gasteiger partial charge on any atom is -0.492 e. The van der Waals surface area contributed by atoms with E-state index in [0.717, 1.165) is 24.6 Å². The number of non-ortho nitro benzene ring substituents is 1. The van der Waals surface area contributed by atoms with Gasteiger partial charge in [0.05, 0.1) is 11.5 Å². The molecule has 1 N–H and O–H groups in total. The maximum atomic E-state index is 11.8. The minimum atomic E-state index is -0.457. The number of amides is 2. The zero-order valence-corrected chi connectivity index (χ0v) is 12.3. The van der Waals surface area contributed by atoms with Crippen LogP contribution in [0.25, 0.3) is 0 Å². The van der Waals surface area contributed by atoms with Gasteiger partial charge < -0.3 is 15.0 Å². The summed E-state index contributed by atoms with van der Waals surface area (Å²) in [5, 5.41) is 13.3. The van der Waals surface area contributed by atoms with Crippen LogP contribution in [0.1, 0.15) is 0 Å². The molecule has 0 aliphatic carbocycles. The lowest BCUT2D eigenvalue weighted by atomic mass is 10.3. The molecule has 0 atom stereocenters. The topological polar surface area (TPSA) is 84.7 Å². The lowest BCUT2D eigenvalue weighted by Crippen LogP contribution is -2.45. The summed E-state index contributed by atoms with van der Waals surface area (Å²) in [6.07, 6.45) is 0. The summed E-state index contributed by atoms with van der Waals surface area (Å²) in [4.78, 5) is 23.6. The van der Waals surface area contributed by atoms with Crippen LogP contribution in [-0.2, 0) is 0 Å². The largest absolute Gasteiger partial charge is 0.492 e. The first-order valence-corrected chi connectivity index (χ1v) is 7.80. The van der Waals surface area contributed by atoms with Crippen molar-refractivity contribution in [2.45, 2.75) is 0 Å². The molecular formula is C13H17N3O4S. The highest BCUT2D eigenvalue weighted by atomic mass is 32.2. The molecule has 0 bridgehead atoms. The number of nitrogens with zero attached hydrogens (tertiary/aromatic N) is 2. The van der Waals surface area contributed by atoms with Gasteiger partial charge in [0.25, 0.3) is 5.69 Å². The predicted molar refractivity (Wildman–Crippen MR) is 80.9 cm³/mol. The Hall–Kier alpha value is -1.96. The van der Waals surface area contributed by atoms with E-state index in [4.69, 9.17) is 4.74 Å². The number of nitro groups is 1. The molecule has 0 saturated carbocycles. The fourth-order valence-electron chi connectivity index (χ4n) is 1.87. The summed E-state index contributed by atoms with van der Waals surface area (Å²) in [5.74, 6) is 2.50. The summed E-state index contributed by atoms with van der Waals surface area (Å²) in [6, 6.07) is 5.80. The summed E-state index contributed by atoms with van der Waals surface area (Å²) in [7, 11) is 0. The maximum Gasteiger partial charge on any atom is 0.317 e. The van der Waals surface area contributed by atoms with Crippen molar-refractivity contribution in [2.75, 3.05) is 37.7 Å². The molecule has 8 heteroatoms. The molecule has 1 aliphatic rings. The van der Waals surface area contributed by atoms with Crippen LogP contribution >= 0.6 is 11.8 Å². The molecule has 1 heterocycles. The molecule has 1 saturated heterocycles. The van der Waals surface area contributed by atoms with Crippen molar-refractivity contribution in [3.05, 3.63) is 34.4 Å². The van der Waals surface area contributed by atoms with Gasteiger partial charge >= 0.3 is 6.03 Å². The van der Waals surface area contributed by atoms with E-state index >= 15 is 0 Å². The molecule has 1 fully saturated rings. The standard InChI is InChI=1S/C13H17N3O4S/c17-13(15-6-9-21-10-7-15)14-5-8-20-12-3-1-11(2-4-12)16(18)19/h1-4H,5-10H2,(H,14,17). The lowest BCUT2D eigenvalue weighted by molar-refractivity contribution is -0.384. The molecule has 1 aromatic carbocycles. The van der Waals surface area contributed by atoms with Crippen molar-refractivity contribution in [1.82, 2.24) is 10.2 Å². The molecule has 0 radical (unpaired) electrons. The van der Waals surface area contributed by atoms with Gasteiger partial charge in [0, 0.05) is 36.7 Å². The quantitative estimate of drug-likeness (QED) is 0.508. The van der Waals surface area contributed by atoms with Crippen molar-refractivity contribution in [3.8, 4) is 5.75 Å². The Kier molecular flexibility index (Phi) is 5.68. The average molecular weight is 311 g/mol. The average Bonchev–Trinajstić information content (AvgIpc) is 2.52. The first-order valence-electron chi connectivity index (χ1n) is 6.64. The number of ether oxygens (including phenoxy) is 1. The number of nitrogens with one attached hydrogen (secondary N) is 1. The number of hydrogen-bond donors (Lipinski definition) is 1. The first kappa shape index (κ1) is 15.4. The first-order chi connectivity index (χ1) is 10.2. The number of urea groups is 1. The van der Waals surface area contributed by atoms with E-state index in [1.54, 1.807) is 17.0 Å². The highest BCUT2D eigenvalue weighted by Gasteiger charge is 2.15. The van der Waals surface area contributed by atoms with Crippen LogP contribution in [0.2, 0.25) is 0 Å². The van der Waals surface area contributed by atoms with Crippen molar-refractivity contribution < 1.29 is 14.5 Å². The van der Waals surface area contributed by atoms with Crippen LogP contribution in [0.3, 0.4) is 0 Å². The molecule has 1 aromatic rings. The molecule has 0 unspecified atom stereocenters. The Morgan fingerprint density at radius 2 is 2.00 bits per heavy atom. The van der Waals surface area contributed by atoms with Gasteiger partial charge in [0.15, 0.2) is 0 Å². The van der Waals surface area contributed by atoms with Gasteiger partial charge in [-0.1, -0.05) is 0 Å². The van der Waals surface area contributed by atoms with Gasteiger partial charge in [-0.05, 0) is 12.1 Å². The fraction of sp³-hybridized carbons (Fsp3) is 0.462. The van der Waals surface area contributed by atoms with Gasteiger partial charge in [-0.25, -0.2) is 4.79 Å². The van der Waals surface area contributed by atoms with Crippen molar-refractivity contribution in [2.24, 2.45) is 0 Å². The van der Waals surface area contributed by atoms with E-state index in [2.05, 4.69) is 5.32 Å². The molecule has 2 amide bonds. The lowest BCUT2D eigenvalue weighted by Gasteiger charge is -2.26. The van der Waals surface area contributed by atoms with Crippen molar-refractivity contribution in [3.63, 3.8) is 0 Å². The van der Waals surface area contributed by atoms with Crippen molar-refractivity contribution in [1.29, 1.82) is 0 Å². The number of carbonyl (C=O) groups is 1. The molecule has 1 aliphatic heterocycles. The van der Waals surface area contributed by atoms with Crippen LogP contribution in [0.4, 0.5) is 10.5 Å². The number of benzene rings is 1. The Morgan fingerprint density at radius 1 is 1.33 bits per heavy atom. The highest BCUT2D eigenvalue weighted by Crippen LogP contribution is 2.17. The minimum absolute atomic E-state index is 0.0265. The number of thioether (sulfide) groups is 1. The molecule has 0 aromatic heterocycles. The molecule has 7 nitrogen and oxygen atoms in total. The highest BCUT2D eigenvalue weighted by molar-refractivity contribution is 7.99. The van der Waals surface area contributed by atoms with Gasteiger partial charge in [-0.2, -0.15) is 11.8 Å². The zero-order chi connectivity index (χ0) is 15.1. The Balaban J connectivity index is 1.67. The Labute approximate surface area is 126 Å². The van der Waals surface area contributed by atoms with Crippen LogP contribution in [0.5, 0.6) is 5.75 Å². The van der Waals surface area contributed by atoms with Gasteiger partial charge in [0.1, 0.15) is 12.4 Å². The third kappa shape index (κ3) is 4.82. The van der Waals surface area contributed by atoms with Crippen LogP contribution < -0.4 is 10.1 Å². The number of rotatable bonds is 5. The van der Waals surface area contributed by atoms with E-state index in [9.17, 15) is 14.9 Å².